The van der Waals surface area contributed by atoms with Crippen molar-refractivity contribution in [3.05, 3.63) is 11.1 Å². The van der Waals surface area contributed by atoms with Gasteiger partial charge in [-0.05, 0) is 13.3 Å². The van der Waals surface area contributed by atoms with Crippen molar-refractivity contribution in [1.82, 2.24) is 10.3 Å². The second-order valence-electron chi connectivity index (χ2n) is 3.79. The molecule has 3 nitrogen and oxygen atoms in total. The molecule has 2 heterocycles. The second-order valence-corrected chi connectivity index (χ2v) is 4.64. The van der Waals surface area contributed by atoms with E-state index in [1.807, 2.05) is 0 Å². The zero-order valence-electron chi connectivity index (χ0n) is 8.05. The highest BCUT2D eigenvalue weighted by molar-refractivity contribution is 7.13. The summed E-state index contributed by atoms with van der Waals surface area (Å²) < 4.78 is 0. The quantitative estimate of drug-likeness (QED) is 0.770. The first kappa shape index (κ1) is 8.97. The molecule has 0 aliphatic carbocycles. The van der Waals surface area contributed by atoms with Crippen molar-refractivity contribution >= 4 is 16.5 Å². The Kier molecular flexibility index (Phi) is 2.26. The molecule has 0 aromatic carbocycles. The number of thiazole rings is 1. The largest absolute Gasteiger partial charge is 0.354 e. The van der Waals surface area contributed by atoms with Gasteiger partial charge in [0.2, 0.25) is 0 Å². The van der Waals surface area contributed by atoms with Crippen LogP contribution in [0.1, 0.15) is 19.5 Å². The SMILES string of the molecule is CCc1csc(NC2(C)CNC2)n1. The molecule has 0 saturated carbocycles. The summed E-state index contributed by atoms with van der Waals surface area (Å²) in [5.74, 6) is 0. The average molecular weight is 197 g/mol. The van der Waals surface area contributed by atoms with Crippen molar-refractivity contribution < 1.29 is 0 Å². The van der Waals surface area contributed by atoms with Crippen LogP contribution in [0.25, 0.3) is 0 Å². The minimum atomic E-state index is 0.225. The molecule has 0 atom stereocenters. The zero-order valence-corrected chi connectivity index (χ0v) is 8.87. The third-order valence-corrected chi connectivity index (χ3v) is 3.16. The number of nitrogens with one attached hydrogen (secondary N) is 2. The molecule has 0 amide bonds. The van der Waals surface area contributed by atoms with Gasteiger partial charge in [0.15, 0.2) is 5.13 Å². The molecule has 0 spiro atoms. The molecule has 1 aromatic rings. The molecule has 0 radical (unpaired) electrons. The summed E-state index contributed by atoms with van der Waals surface area (Å²) in [4.78, 5) is 4.48. The van der Waals surface area contributed by atoms with Gasteiger partial charge in [-0.1, -0.05) is 6.92 Å². The van der Waals surface area contributed by atoms with Crippen LogP contribution in [-0.2, 0) is 6.42 Å². The Morgan fingerprint density at radius 3 is 2.92 bits per heavy atom. The van der Waals surface area contributed by atoms with Gasteiger partial charge >= 0.3 is 0 Å². The van der Waals surface area contributed by atoms with Crippen LogP contribution < -0.4 is 10.6 Å². The molecule has 2 N–H and O–H groups in total. The monoisotopic (exact) mass is 197 g/mol. The molecule has 1 aliphatic heterocycles. The fraction of sp³-hybridized carbons (Fsp3) is 0.667. The summed E-state index contributed by atoms with van der Waals surface area (Å²) in [7, 11) is 0. The van der Waals surface area contributed by atoms with E-state index in [9.17, 15) is 0 Å². The Hall–Kier alpha value is -0.610. The minimum absolute atomic E-state index is 0.225. The summed E-state index contributed by atoms with van der Waals surface area (Å²) in [6, 6.07) is 0. The standard InChI is InChI=1S/C9H15N3S/c1-3-7-4-13-8(11-7)12-9(2)5-10-6-9/h4,10H,3,5-6H2,1-2H3,(H,11,12). The molecule has 0 bridgehead atoms. The van der Waals surface area contributed by atoms with E-state index in [1.165, 1.54) is 5.69 Å². The maximum Gasteiger partial charge on any atom is 0.183 e. The van der Waals surface area contributed by atoms with E-state index >= 15 is 0 Å². The van der Waals surface area contributed by atoms with Gasteiger partial charge in [0.25, 0.3) is 0 Å². The lowest BCUT2D eigenvalue weighted by Crippen LogP contribution is -2.62. The normalized spacial score (nSPS) is 19.5. The predicted octanol–water partition coefficient (Wildman–Crippen LogP) is 1.48. The van der Waals surface area contributed by atoms with Crippen LogP contribution in [0.3, 0.4) is 0 Å². The zero-order chi connectivity index (χ0) is 9.31. The molecular weight excluding hydrogens is 182 g/mol. The molecule has 1 saturated heterocycles. The molecule has 1 aliphatic rings. The highest BCUT2D eigenvalue weighted by atomic mass is 32.1. The highest BCUT2D eigenvalue weighted by Crippen LogP contribution is 2.22. The van der Waals surface area contributed by atoms with Crippen LogP contribution in [-0.4, -0.2) is 23.6 Å². The summed E-state index contributed by atoms with van der Waals surface area (Å²) in [5, 5.41) is 9.89. The number of hydrogen-bond donors (Lipinski definition) is 2. The van der Waals surface area contributed by atoms with E-state index in [2.05, 4.69) is 34.8 Å². The van der Waals surface area contributed by atoms with Gasteiger partial charge in [0.1, 0.15) is 0 Å². The second kappa shape index (κ2) is 3.27. The maximum absolute atomic E-state index is 4.48. The first-order valence-electron chi connectivity index (χ1n) is 4.65. The number of aryl methyl sites for hydroxylation is 1. The van der Waals surface area contributed by atoms with Gasteiger partial charge in [0, 0.05) is 18.5 Å². The third kappa shape index (κ3) is 1.84. The van der Waals surface area contributed by atoms with Crippen LogP contribution in [0.15, 0.2) is 5.38 Å². The van der Waals surface area contributed by atoms with Crippen molar-refractivity contribution in [1.29, 1.82) is 0 Å². The molecular formula is C9H15N3S. The molecule has 4 heteroatoms. The van der Waals surface area contributed by atoms with Gasteiger partial charge in [-0.15, -0.1) is 11.3 Å². The minimum Gasteiger partial charge on any atom is -0.354 e. The van der Waals surface area contributed by atoms with Gasteiger partial charge < -0.3 is 10.6 Å². The van der Waals surface area contributed by atoms with E-state index in [0.29, 0.717) is 0 Å². The average Bonchev–Trinajstić information content (AvgIpc) is 2.49. The smallest absolute Gasteiger partial charge is 0.183 e. The first-order valence-corrected chi connectivity index (χ1v) is 5.53. The molecule has 2 rings (SSSR count). The van der Waals surface area contributed by atoms with Crippen molar-refractivity contribution in [3.63, 3.8) is 0 Å². The molecule has 1 fully saturated rings. The molecule has 72 valence electrons. The van der Waals surface area contributed by atoms with E-state index in [0.717, 1.165) is 24.6 Å². The number of anilines is 1. The van der Waals surface area contributed by atoms with Crippen molar-refractivity contribution in [3.8, 4) is 0 Å². The van der Waals surface area contributed by atoms with Crippen molar-refractivity contribution in [2.75, 3.05) is 18.4 Å². The Balaban J connectivity index is 2.01. The molecule has 1 aromatic heterocycles. The van der Waals surface area contributed by atoms with E-state index < -0.39 is 0 Å². The summed E-state index contributed by atoms with van der Waals surface area (Å²) in [6.07, 6.45) is 1.02. The van der Waals surface area contributed by atoms with Gasteiger partial charge in [-0.2, -0.15) is 0 Å². The van der Waals surface area contributed by atoms with Gasteiger partial charge in [0.05, 0.1) is 11.2 Å². The number of nitrogens with zero attached hydrogens (tertiary/aromatic N) is 1. The molecule has 0 unspecified atom stereocenters. The molecule has 13 heavy (non-hydrogen) atoms. The summed E-state index contributed by atoms with van der Waals surface area (Å²) in [5.41, 5.74) is 1.41. The Labute approximate surface area is 82.6 Å². The fourth-order valence-corrected chi connectivity index (χ4v) is 2.32. The highest BCUT2D eigenvalue weighted by Gasteiger charge is 2.31. The summed E-state index contributed by atoms with van der Waals surface area (Å²) in [6.45, 7) is 6.42. The number of rotatable bonds is 3. The topological polar surface area (TPSA) is 37.0 Å². The Bertz CT molecular complexity index is 291. The number of aromatic nitrogens is 1. The predicted molar refractivity (Wildman–Crippen MR) is 56.4 cm³/mol. The van der Waals surface area contributed by atoms with E-state index in [-0.39, 0.29) is 5.54 Å². The summed E-state index contributed by atoms with van der Waals surface area (Å²) >= 11 is 1.70. The van der Waals surface area contributed by atoms with Gasteiger partial charge in [-0.3, -0.25) is 0 Å². The van der Waals surface area contributed by atoms with Gasteiger partial charge in [-0.25, -0.2) is 4.98 Å². The lowest BCUT2D eigenvalue weighted by Gasteiger charge is -2.39. The number of hydrogen-bond acceptors (Lipinski definition) is 4. The van der Waals surface area contributed by atoms with E-state index in [4.69, 9.17) is 0 Å². The third-order valence-electron chi connectivity index (χ3n) is 2.35. The van der Waals surface area contributed by atoms with Crippen molar-refractivity contribution in [2.24, 2.45) is 0 Å². The van der Waals surface area contributed by atoms with Crippen LogP contribution >= 0.6 is 11.3 Å². The fourth-order valence-electron chi connectivity index (χ4n) is 1.37. The van der Waals surface area contributed by atoms with Crippen molar-refractivity contribution in [2.45, 2.75) is 25.8 Å². The van der Waals surface area contributed by atoms with Crippen LogP contribution in [0.4, 0.5) is 5.13 Å². The Morgan fingerprint density at radius 2 is 2.46 bits per heavy atom. The maximum atomic E-state index is 4.48. The Morgan fingerprint density at radius 1 is 1.69 bits per heavy atom. The first-order chi connectivity index (χ1) is 6.22. The van der Waals surface area contributed by atoms with Crippen LogP contribution in [0.5, 0.6) is 0 Å². The lowest BCUT2D eigenvalue weighted by molar-refractivity contribution is 0.338. The lowest BCUT2D eigenvalue weighted by atomic mass is 9.96. The van der Waals surface area contributed by atoms with Crippen LogP contribution in [0, 0.1) is 0 Å². The van der Waals surface area contributed by atoms with Crippen LogP contribution in [0.2, 0.25) is 0 Å². The van der Waals surface area contributed by atoms with E-state index in [1.54, 1.807) is 11.3 Å².